The summed E-state index contributed by atoms with van der Waals surface area (Å²) in [4.78, 5) is 17.1. The van der Waals surface area contributed by atoms with E-state index in [2.05, 4.69) is 10.4 Å². The minimum absolute atomic E-state index is 0.0585. The Kier molecular flexibility index (Phi) is 2.49. The van der Waals surface area contributed by atoms with Gasteiger partial charge < -0.3 is 0 Å². The second kappa shape index (κ2) is 4.01. The molecule has 2 aromatic rings. The zero-order valence-corrected chi connectivity index (χ0v) is 9.98. The Morgan fingerprint density at radius 3 is 3.00 bits per heavy atom. The van der Waals surface area contributed by atoms with Gasteiger partial charge in [0.05, 0.1) is 6.54 Å². The van der Waals surface area contributed by atoms with Crippen LogP contribution in [0.4, 0.5) is 5.13 Å². The van der Waals surface area contributed by atoms with Gasteiger partial charge in [0, 0.05) is 29.5 Å². The van der Waals surface area contributed by atoms with E-state index in [4.69, 9.17) is 5.84 Å². The Balaban J connectivity index is 1.82. The lowest BCUT2D eigenvalue weighted by atomic mass is 10.5. The van der Waals surface area contributed by atoms with Crippen LogP contribution in [0.15, 0.2) is 23.4 Å². The first kappa shape index (κ1) is 10.5. The van der Waals surface area contributed by atoms with Crippen molar-refractivity contribution in [3.8, 4) is 0 Å². The van der Waals surface area contributed by atoms with Crippen molar-refractivity contribution in [2.24, 2.45) is 5.84 Å². The van der Waals surface area contributed by atoms with E-state index in [9.17, 15) is 4.79 Å². The maximum absolute atomic E-state index is 12.0. The van der Waals surface area contributed by atoms with Crippen molar-refractivity contribution in [2.45, 2.75) is 25.4 Å². The molecule has 0 bridgehead atoms. The number of nitrogen functional groups attached to an aromatic ring is 1. The summed E-state index contributed by atoms with van der Waals surface area (Å²) in [6, 6.07) is 0.423. The molecule has 3 rings (SSSR count). The summed E-state index contributed by atoms with van der Waals surface area (Å²) >= 11 is 1.45. The van der Waals surface area contributed by atoms with Gasteiger partial charge >= 0.3 is 5.69 Å². The number of hydrazine groups is 1. The number of thiazole rings is 1. The van der Waals surface area contributed by atoms with Gasteiger partial charge in [-0.3, -0.25) is 14.6 Å². The molecule has 0 spiro atoms. The molecule has 90 valence electrons. The zero-order chi connectivity index (χ0) is 11.8. The Morgan fingerprint density at radius 2 is 2.35 bits per heavy atom. The van der Waals surface area contributed by atoms with Crippen LogP contribution in [0, 0.1) is 0 Å². The van der Waals surface area contributed by atoms with Gasteiger partial charge in [0.1, 0.15) is 0 Å². The Morgan fingerprint density at radius 1 is 1.53 bits per heavy atom. The smallest absolute Gasteiger partial charge is 0.300 e. The highest BCUT2D eigenvalue weighted by Gasteiger charge is 2.25. The summed E-state index contributed by atoms with van der Waals surface area (Å²) in [5.74, 6) is 5.26. The van der Waals surface area contributed by atoms with Crippen LogP contribution in [0.25, 0.3) is 0 Å². The molecule has 7 heteroatoms. The zero-order valence-electron chi connectivity index (χ0n) is 9.17. The summed E-state index contributed by atoms with van der Waals surface area (Å²) in [6.45, 7) is 0.553. The van der Waals surface area contributed by atoms with Gasteiger partial charge in [0.25, 0.3) is 0 Å². The Hall–Kier alpha value is -1.60. The van der Waals surface area contributed by atoms with Crippen LogP contribution in [-0.2, 0) is 6.54 Å². The molecule has 0 saturated heterocycles. The maximum Gasteiger partial charge on any atom is 0.328 e. The van der Waals surface area contributed by atoms with Crippen LogP contribution in [0.1, 0.15) is 23.8 Å². The van der Waals surface area contributed by atoms with Gasteiger partial charge in [-0.05, 0) is 12.8 Å². The number of imidazole rings is 1. The molecule has 6 nitrogen and oxygen atoms in total. The SMILES string of the molecule is NNc1ncc(Cn2ccn(C3CC3)c2=O)s1. The van der Waals surface area contributed by atoms with Crippen LogP contribution in [0.3, 0.4) is 0 Å². The number of hydrogen-bond donors (Lipinski definition) is 2. The minimum atomic E-state index is 0.0585. The largest absolute Gasteiger partial charge is 0.328 e. The van der Waals surface area contributed by atoms with Crippen LogP contribution in [0.5, 0.6) is 0 Å². The van der Waals surface area contributed by atoms with Crippen molar-refractivity contribution in [1.29, 1.82) is 0 Å². The average molecular weight is 251 g/mol. The second-order valence-electron chi connectivity index (χ2n) is 4.12. The number of nitrogens with one attached hydrogen (secondary N) is 1. The molecular weight excluding hydrogens is 238 g/mol. The lowest BCUT2D eigenvalue weighted by Gasteiger charge is -1.98. The van der Waals surface area contributed by atoms with E-state index < -0.39 is 0 Å². The molecule has 1 aliphatic carbocycles. The normalized spacial score (nSPS) is 15.1. The monoisotopic (exact) mass is 251 g/mol. The van der Waals surface area contributed by atoms with Gasteiger partial charge in [0.2, 0.25) is 0 Å². The number of nitrogens with zero attached hydrogens (tertiary/aromatic N) is 3. The van der Waals surface area contributed by atoms with E-state index in [0.29, 0.717) is 17.7 Å². The highest BCUT2D eigenvalue weighted by Crippen LogP contribution is 2.33. The van der Waals surface area contributed by atoms with E-state index in [-0.39, 0.29) is 5.69 Å². The quantitative estimate of drug-likeness (QED) is 0.621. The van der Waals surface area contributed by atoms with E-state index >= 15 is 0 Å². The van der Waals surface area contributed by atoms with Gasteiger partial charge in [-0.2, -0.15) is 0 Å². The Labute approximate surface area is 102 Å². The number of hydrogen-bond acceptors (Lipinski definition) is 5. The fourth-order valence-corrected chi connectivity index (χ4v) is 2.52. The molecule has 1 saturated carbocycles. The molecule has 0 aromatic carbocycles. The third-order valence-electron chi connectivity index (χ3n) is 2.82. The number of nitrogens with two attached hydrogens (primary N) is 1. The van der Waals surface area contributed by atoms with Gasteiger partial charge in [-0.15, -0.1) is 0 Å². The fraction of sp³-hybridized carbons (Fsp3) is 0.400. The highest BCUT2D eigenvalue weighted by atomic mass is 32.1. The van der Waals surface area contributed by atoms with Crippen LogP contribution >= 0.6 is 11.3 Å². The van der Waals surface area contributed by atoms with Crippen molar-refractivity contribution in [2.75, 3.05) is 5.43 Å². The van der Waals surface area contributed by atoms with Crippen LogP contribution in [0.2, 0.25) is 0 Å². The molecule has 0 radical (unpaired) electrons. The van der Waals surface area contributed by atoms with E-state index in [1.54, 1.807) is 10.8 Å². The summed E-state index contributed by atoms with van der Waals surface area (Å²) < 4.78 is 3.51. The summed E-state index contributed by atoms with van der Waals surface area (Å²) in [5, 5.41) is 0.662. The summed E-state index contributed by atoms with van der Waals surface area (Å²) in [5.41, 5.74) is 2.55. The standard InChI is InChI=1S/C10H13N5OS/c11-13-9-12-5-8(17-9)6-14-3-4-15(10(14)16)7-1-2-7/h3-5,7H,1-2,6,11H2,(H,12,13). The molecule has 2 aromatic heterocycles. The third kappa shape index (κ3) is 1.98. The fourth-order valence-electron chi connectivity index (χ4n) is 1.79. The predicted molar refractivity (Wildman–Crippen MR) is 66.0 cm³/mol. The first-order valence-electron chi connectivity index (χ1n) is 5.46. The van der Waals surface area contributed by atoms with E-state index in [0.717, 1.165) is 17.7 Å². The predicted octanol–water partition coefficient (Wildman–Crippen LogP) is 0.775. The number of anilines is 1. The summed E-state index contributed by atoms with van der Waals surface area (Å²) in [7, 11) is 0. The van der Waals surface area contributed by atoms with Crippen molar-refractivity contribution < 1.29 is 0 Å². The molecule has 0 atom stereocenters. The molecular formula is C10H13N5OS. The molecule has 1 aliphatic rings. The topological polar surface area (TPSA) is 77.9 Å². The van der Waals surface area contributed by atoms with Crippen molar-refractivity contribution in [3.63, 3.8) is 0 Å². The molecule has 1 fully saturated rings. The van der Waals surface area contributed by atoms with Crippen molar-refractivity contribution in [3.05, 3.63) is 34.0 Å². The Bertz CT molecular complexity index is 580. The molecule has 3 N–H and O–H groups in total. The van der Waals surface area contributed by atoms with Crippen LogP contribution in [-0.4, -0.2) is 14.1 Å². The first-order chi connectivity index (χ1) is 8.28. The minimum Gasteiger partial charge on any atom is -0.300 e. The van der Waals surface area contributed by atoms with Crippen molar-refractivity contribution >= 4 is 16.5 Å². The highest BCUT2D eigenvalue weighted by molar-refractivity contribution is 7.15. The molecule has 0 aliphatic heterocycles. The third-order valence-corrected chi connectivity index (χ3v) is 3.73. The second-order valence-corrected chi connectivity index (χ2v) is 5.24. The lowest BCUT2D eigenvalue weighted by molar-refractivity contribution is 0.658. The molecule has 17 heavy (non-hydrogen) atoms. The maximum atomic E-state index is 12.0. The van der Waals surface area contributed by atoms with Gasteiger partial charge in [-0.25, -0.2) is 15.6 Å². The molecule has 2 heterocycles. The van der Waals surface area contributed by atoms with Crippen molar-refractivity contribution in [1.82, 2.24) is 14.1 Å². The molecule has 0 amide bonds. The van der Waals surface area contributed by atoms with Crippen LogP contribution < -0.4 is 17.0 Å². The van der Waals surface area contributed by atoms with Gasteiger partial charge in [0.15, 0.2) is 5.13 Å². The lowest BCUT2D eigenvalue weighted by Crippen LogP contribution is -2.23. The average Bonchev–Trinajstić information content (AvgIpc) is 2.97. The number of aromatic nitrogens is 3. The van der Waals surface area contributed by atoms with Gasteiger partial charge in [-0.1, -0.05) is 11.3 Å². The summed E-state index contributed by atoms with van der Waals surface area (Å²) in [6.07, 6.45) is 7.66. The number of rotatable bonds is 4. The van der Waals surface area contributed by atoms with E-state index in [1.165, 1.54) is 11.3 Å². The first-order valence-corrected chi connectivity index (χ1v) is 6.28. The molecule has 0 unspecified atom stereocenters. The van der Waals surface area contributed by atoms with E-state index in [1.807, 2.05) is 17.0 Å².